The van der Waals surface area contributed by atoms with Gasteiger partial charge in [0.2, 0.25) is 5.91 Å². The molecule has 0 aliphatic carbocycles. The molecule has 156 valence electrons. The predicted octanol–water partition coefficient (Wildman–Crippen LogP) is 3.85. The number of nitrogens with zero attached hydrogens (tertiary/aromatic N) is 1. The monoisotopic (exact) mass is 406 g/mol. The number of anilines is 1. The van der Waals surface area contributed by atoms with Crippen molar-refractivity contribution >= 4 is 11.6 Å². The van der Waals surface area contributed by atoms with Gasteiger partial charge in [0, 0.05) is 12.5 Å². The number of piperidine rings is 1. The van der Waals surface area contributed by atoms with Gasteiger partial charge in [0.25, 0.3) is 0 Å². The maximum atomic E-state index is 12.5. The number of para-hydroxylation sites is 2. The van der Waals surface area contributed by atoms with Crippen LogP contribution in [0.5, 0.6) is 17.2 Å². The molecule has 0 aromatic heterocycles. The molecule has 2 aromatic rings. The number of methoxy groups -OCH3 is 1. The third-order valence-corrected chi connectivity index (χ3v) is 4.97. The number of halogens is 2. The zero-order valence-electron chi connectivity index (χ0n) is 16.1. The first kappa shape index (κ1) is 20.9. The Morgan fingerprint density at radius 3 is 2.59 bits per heavy atom. The molecule has 1 heterocycles. The first-order valence-electron chi connectivity index (χ1n) is 9.39. The summed E-state index contributed by atoms with van der Waals surface area (Å²) in [6.45, 7) is -0.816. The van der Waals surface area contributed by atoms with Crippen molar-refractivity contribution in [3.63, 3.8) is 0 Å². The summed E-state index contributed by atoms with van der Waals surface area (Å²) < 4.78 is 34.5. The Labute approximate surface area is 168 Å². The maximum Gasteiger partial charge on any atom is 0.387 e. The lowest BCUT2D eigenvalue weighted by molar-refractivity contribution is -0.121. The molecular formula is C21H24F2N2O4. The highest BCUT2D eigenvalue weighted by Gasteiger charge is 2.25. The van der Waals surface area contributed by atoms with Crippen LogP contribution in [0.4, 0.5) is 14.5 Å². The van der Waals surface area contributed by atoms with E-state index in [1.165, 1.54) is 19.2 Å². The van der Waals surface area contributed by atoms with Crippen LogP contribution in [0.3, 0.4) is 0 Å². The van der Waals surface area contributed by atoms with Crippen LogP contribution < -0.4 is 14.8 Å². The molecule has 1 fully saturated rings. The van der Waals surface area contributed by atoms with E-state index in [2.05, 4.69) is 15.0 Å². The molecule has 1 amide bonds. The summed E-state index contributed by atoms with van der Waals surface area (Å²) >= 11 is 0. The number of aromatic hydroxyl groups is 1. The quantitative estimate of drug-likeness (QED) is 0.684. The van der Waals surface area contributed by atoms with E-state index in [0.717, 1.165) is 18.7 Å². The number of nitrogens with one attached hydrogen (secondary N) is 1. The van der Waals surface area contributed by atoms with Gasteiger partial charge >= 0.3 is 6.61 Å². The smallest absolute Gasteiger partial charge is 0.387 e. The van der Waals surface area contributed by atoms with Crippen molar-refractivity contribution in [3.8, 4) is 17.2 Å². The Balaban J connectivity index is 1.53. The molecular weight excluding hydrogens is 382 g/mol. The number of phenolic OH excluding ortho intramolecular Hbond substituents is 1. The van der Waals surface area contributed by atoms with Crippen LogP contribution in [0.25, 0.3) is 0 Å². The largest absolute Gasteiger partial charge is 0.506 e. The highest BCUT2D eigenvalue weighted by molar-refractivity contribution is 5.93. The average molecular weight is 406 g/mol. The summed E-state index contributed by atoms with van der Waals surface area (Å²) in [4.78, 5) is 14.7. The molecule has 0 atom stereocenters. The van der Waals surface area contributed by atoms with Crippen molar-refractivity contribution in [3.05, 3.63) is 48.0 Å². The zero-order valence-corrected chi connectivity index (χ0v) is 16.1. The molecule has 2 aromatic carbocycles. The molecule has 2 N–H and O–H groups in total. The highest BCUT2D eigenvalue weighted by Crippen LogP contribution is 2.31. The zero-order chi connectivity index (χ0) is 20.8. The number of likely N-dealkylation sites (tertiary alicyclic amines) is 1. The summed E-state index contributed by atoms with van der Waals surface area (Å²) in [6.07, 6.45) is 1.40. The van der Waals surface area contributed by atoms with Crippen molar-refractivity contribution in [2.75, 3.05) is 25.5 Å². The summed E-state index contributed by atoms with van der Waals surface area (Å²) in [6, 6.07) is 11.6. The second-order valence-electron chi connectivity index (χ2n) is 6.92. The van der Waals surface area contributed by atoms with Crippen molar-refractivity contribution in [2.24, 2.45) is 5.92 Å². The van der Waals surface area contributed by atoms with E-state index >= 15 is 0 Å². The van der Waals surface area contributed by atoms with Gasteiger partial charge in [0.15, 0.2) is 11.5 Å². The summed E-state index contributed by atoms with van der Waals surface area (Å²) in [5, 5.41) is 12.6. The summed E-state index contributed by atoms with van der Waals surface area (Å²) in [7, 11) is 1.41. The van der Waals surface area contributed by atoms with Gasteiger partial charge in [0.05, 0.1) is 12.8 Å². The second kappa shape index (κ2) is 9.56. The van der Waals surface area contributed by atoms with Crippen molar-refractivity contribution in [1.82, 2.24) is 4.90 Å². The minimum Gasteiger partial charge on any atom is -0.506 e. The average Bonchev–Trinajstić information content (AvgIpc) is 2.71. The normalized spacial score (nSPS) is 15.3. The number of carbonyl (C=O) groups excluding carboxylic acids is 1. The van der Waals surface area contributed by atoms with E-state index < -0.39 is 6.61 Å². The Hall–Kier alpha value is -2.87. The minimum atomic E-state index is -2.90. The molecule has 3 rings (SSSR count). The lowest BCUT2D eigenvalue weighted by Gasteiger charge is -2.31. The Morgan fingerprint density at radius 1 is 1.21 bits per heavy atom. The van der Waals surface area contributed by atoms with Crippen molar-refractivity contribution < 1.29 is 28.2 Å². The number of hydrogen-bond acceptors (Lipinski definition) is 5. The van der Waals surface area contributed by atoms with Gasteiger partial charge in [-0.05, 0) is 55.8 Å². The molecule has 6 nitrogen and oxygen atoms in total. The minimum absolute atomic E-state index is 0.00536. The second-order valence-corrected chi connectivity index (χ2v) is 6.92. The number of benzene rings is 2. The number of alkyl halides is 2. The molecule has 8 heteroatoms. The number of rotatable bonds is 7. The molecule has 0 spiro atoms. The van der Waals surface area contributed by atoms with Gasteiger partial charge in [-0.15, -0.1) is 0 Å². The Kier molecular flexibility index (Phi) is 6.87. The first-order chi connectivity index (χ1) is 14.0. The van der Waals surface area contributed by atoms with E-state index in [9.17, 15) is 18.7 Å². The lowest BCUT2D eigenvalue weighted by atomic mass is 9.95. The maximum absolute atomic E-state index is 12.5. The van der Waals surface area contributed by atoms with Crippen LogP contribution in [0.15, 0.2) is 42.5 Å². The molecule has 0 saturated carbocycles. The van der Waals surface area contributed by atoms with E-state index in [0.29, 0.717) is 25.1 Å². The van der Waals surface area contributed by atoms with Gasteiger partial charge in [-0.25, -0.2) is 0 Å². The SMILES string of the molecule is COc1cc(CN2CCC(C(=O)Nc3ccccc3O)CC2)ccc1OC(F)F. The predicted molar refractivity (Wildman–Crippen MR) is 104 cm³/mol. The van der Waals surface area contributed by atoms with E-state index in [1.54, 1.807) is 30.3 Å². The fourth-order valence-corrected chi connectivity index (χ4v) is 3.43. The molecule has 0 radical (unpaired) electrons. The lowest BCUT2D eigenvalue weighted by Crippen LogP contribution is -2.37. The molecule has 29 heavy (non-hydrogen) atoms. The van der Waals surface area contributed by atoms with Gasteiger partial charge < -0.3 is 19.9 Å². The number of hydrogen-bond donors (Lipinski definition) is 2. The van der Waals surface area contributed by atoms with Crippen LogP contribution in [0.1, 0.15) is 18.4 Å². The van der Waals surface area contributed by atoms with E-state index in [1.807, 2.05) is 0 Å². The van der Waals surface area contributed by atoms with Crippen LogP contribution in [0.2, 0.25) is 0 Å². The molecule has 0 unspecified atom stereocenters. The fourth-order valence-electron chi connectivity index (χ4n) is 3.43. The number of phenols is 1. The van der Waals surface area contributed by atoms with Gasteiger partial charge in [-0.3, -0.25) is 9.69 Å². The number of amides is 1. The highest BCUT2D eigenvalue weighted by atomic mass is 19.3. The van der Waals surface area contributed by atoms with Gasteiger partial charge in [0.1, 0.15) is 5.75 Å². The first-order valence-corrected chi connectivity index (χ1v) is 9.39. The summed E-state index contributed by atoms with van der Waals surface area (Å²) in [5.41, 5.74) is 1.33. The third kappa shape index (κ3) is 5.57. The van der Waals surface area contributed by atoms with Crippen molar-refractivity contribution in [2.45, 2.75) is 26.0 Å². The third-order valence-electron chi connectivity index (χ3n) is 4.97. The molecule has 1 aliphatic heterocycles. The van der Waals surface area contributed by atoms with Crippen LogP contribution in [-0.4, -0.2) is 42.7 Å². The summed E-state index contributed by atoms with van der Waals surface area (Å²) in [5.74, 6) is 0.0977. The van der Waals surface area contributed by atoms with Gasteiger partial charge in [-0.2, -0.15) is 8.78 Å². The number of ether oxygens (including phenoxy) is 2. The topological polar surface area (TPSA) is 71.0 Å². The Morgan fingerprint density at radius 2 is 1.93 bits per heavy atom. The molecule has 1 aliphatic rings. The number of carbonyl (C=O) groups is 1. The van der Waals surface area contributed by atoms with Crippen LogP contribution in [0, 0.1) is 5.92 Å². The van der Waals surface area contributed by atoms with Crippen LogP contribution in [-0.2, 0) is 11.3 Å². The standard InChI is InChI=1S/C21H24F2N2O4/c1-28-19-12-14(6-7-18(19)29-21(22)23)13-25-10-8-15(9-11-25)20(27)24-16-4-2-3-5-17(16)26/h2-7,12,15,21,26H,8-11,13H2,1H3,(H,24,27). The molecule has 0 bridgehead atoms. The van der Waals surface area contributed by atoms with E-state index in [4.69, 9.17) is 4.74 Å². The fraction of sp³-hybridized carbons (Fsp3) is 0.381. The van der Waals surface area contributed by atoms with Crippen molar-refractivity contribution in [1.29, 1.82) is 0 Å². The Bertz CT molecular complexity index is 839. The van der Waals surface area contributed by atoms with Gasteiger partial charge in [-0.1, -0.05) is 18.2 Å². The molecule has 1 saturated heterocycles. The van der Waals surface area contributed by atoms with E-state index in [-0.39, 0.29) is 29.1 Å². The van der Waals surface area contributed by atoms with Crippen LogP contribution >= 0.6 is 0 Å².